The van der Waals surface area contributed by atoms with Crippen molar-refractivity contribution in [3.05, 3.63) is 29.6 Å². The number of benzene rings is 1. The first-order chi connectivity index (χ1) is 8.49. The minimum atomic E-state index is -1.00. The number of hydrogen-bond acceptors (Lipinski definition) is 4. The van der Waals surface area contributed by atoms with Crippen LogP contribution in [0.3, 0.4) is 0 Å². The summed E-state index contributed by atoms with van der Waals surface area (Å²) in [6, 6.07) is 2.89. The van der Waals surface area contributed by atoms with E-state index < -0.39 is 23.9 Å². The molecular formula is C12H17FN2O3. The summed E-state index contributed by atoms with van der Waals surface area (Å²) < 4.78 is 18.4. The predicted molar refractivity (Wildman–Crippen MR) is 65.0 cm³/mol. The van der Waals surface area contributed by atoms with Crippen LogP contribution in [0.1, 0.15) is 18.0 Å². The smallest absolute Gasteiger partial charge is 0.304 e. The van der Waals surface area contributed by atoms with Crippen molar-refractivity contribution >= 4 is 5.97 Å². The van der Waals surface area contributed by atoms with Gasteiger partial charge in [-0.05, 0) is 25.2 Å². The number of rotatable bonds is 6. The average molecular weight is 256 g/mol. The Kier molecular flexibility index (Phi) is 5.06. The number of methoxy groups -OCH3 is 1. The SMILES string of the molecule is CNC(c1cc(F)ccc1OC)C(N)CC(=O)O. The zero-order valence-electron chi connectivity index (χ0n) is 10.3. The van der Waals surface area contributed by atoms with Crippen LogP contribution >= 0.6 is 0 Å². The van der Waals surface area contributed by atoms with E-state index in [-0.39, 0.29) is 6.42 Å². The van der Waals surface area contributed by atoms with Crippen molar-refractivity contribution < 1.29 is 19.0 Å². The third kappa shape index (κ3) is 3.41. The van der Waals surface area contributed by atoms with Crippen molar-refractivity contribution in [2.75, 3.05) is 14.2 Å². The van der Waals surface area contributed by atoms with Crippen molar-refractivity contribution in [1.82, 2.24) is 5.32 Å². The normalized spacial score (nSPS) is 14.0. The van der Waals surface area contributed by atoms with Crippen LogP contribution < -0.4 is 15.8 Å². The molecule has 1 aromatic carbocycles. The molecule has 0 spiro atoms. The predicted octanol–water partition coefficient (Wildman–Crippen LogP) is 0.897. The number of nitrogens with one attached hydrogen (secondary N) is 1. The van der Waals surface area contributed by atoms with Gasteiger partial charge in [0, 0.05) is 11.6 Å². The molecule has 0 radical (unpaired) electrons. The van der Waals surface area contributed by atoms with Crippen LogP contribution in [0.25, 0.3) is 0 Å². The van der Waals surface area contributed by atoms with Gasteiger partial charge < -0.3 is 20.9 Å². The third-order valence-corrected chi connectivity index (χ3v) is 2.68. The summed E-state index contributed by atoms with van der Waals surface area (Å²) in [4.78, 5) is 10.7. The van der Waals surface area contributed by atoms with Gasteiger partial charge in [-0.15, -0.1) is 0 Å². The summed E-state index contributed by atoms with van der Waals surface area (Å²) >= 11 is 0. The van der Waals surface area contributed by atoms with Crippen LogP contribution in [-0.4, -0.2) is 31.3 Å². The molecular weight excluding hydrogens is 239 g/mol. The lowest BCUT2D eigenvalue weighted by Gasteiger charge is -2.24. The van der Waals surface area contributed by atoms with E-state index in [9.17, 15) is 9.18 Å². The molecule has 0 bridgehead atoms. The minimum absolute atomic E-state index is 0.217. The van der Waals surface area contributed by atoms with Gasteiger partial charge in [-0.25, -0.2) is 4.39 Å². The Balaban J connectivity index is 3.07. The molecule has 1 rings (SSSR count). The largest absolute Gasteiger partial charge is 0.496 e. The maximum Gasteiger partial charge on any atom is 0.304 e. The van der Waals surface area contributed by atoms with Gasteiger partial charge in [0.05, 0.1) is 19.6 Å². The van der Waals surface area contributed by atoms with Crippen LogP contribution in [0, 0.1) is 5.82 Å². The fourth-order valence-electron chi connectivity index (χ4n) is 1.87. The van der Waals surface area contributed by atoms with E-state index in [1.165, 1.54) is 25.3 Å². The van der Waals surface area contributed by atoms with Gasteiger partial charge in [-0.2, -0.15) is 0 Å². The highest BCUT2D eigenvalue weighted by atomic mass is 19.1. The molecule has 0 saturated heterocycles. The first-order valence-electron chi connectivity index (χ1n) is 5.47. The van der Waals surface area contributed by atoms with E-state index in [0.717, 1.165) is 0 Å². The fraction of sp³-hybridized carbons (Fsp3) is 0.417. The number of aliphatic carboxylic acids is 1. The summed E-state index contributed by atoms with van der Waals surface area (Å²) in [6.07, 6.45) is -0.217. The highest BCUT2D eigenvalue weighted by Crippen LogP contribution is 2.28. The van der Waals surface area contributed by atoms with Crippen molar-refractivity contribution in [1.29, 1.82) is 0 Å². The lowest BCUT2D eigenvalue weighted by atomic mass is 9.96. The van der Waals surface area contributed by atoms with Crippen molar-refractivity contribution in [3.63, 3.8) is 0 Å². The van der Waals surface area contributed by atoms with Crippen LogP contribution in [0.5, 0.6) is 5.75 Å². The van der Waals surface area contributed by atoms with Gasteiger partial charge in [-0.3, -0.25) is 4.79 Å². The number of halogens is 1. The Morgan fingerprint density at radius 3 is 2.78 bits per heavy atom. The first kappa shape index (κ1) is 14.4. The quantitative estimate of drug-likeness (QED) is 0.704. The molecule has 6 heteroatoms. The van der Waals surface area contributed by atoms with Crippen LogP contribution in [0.15, 0.2) is 18.2 Å². The molecule has 0 aromatic heterocycles. The fourth-order valence-corrected chi connectivity index (χ4v) is 1.87. The molecule has 0 heterocycles. The zero-order chi connectivity index (χ0) is 13.7. The standard InChI is InChI=1S/C12H17FN2O3/c1-15-12(9(14)6-11(16)17)8-5-7(13)3-4-10(8)18-2/h3-5,9,12,15H,6,14H2,1-2H3,(H,16,17). The molecule has 0 fully saturated rings. The van der Waals surface area contributed by atoms with E-state index in [1.54, 1.807) is 7.05 Å². The van der Waals surface area contributed by atoms with Gasteiger partial charge in [-0.1, -0.05) is 0 Å². The maximum atomic E-state index is 13.3. The Hall–Kier alpha value is -1.66. The molecule has 0 saturated carbocycles. The minimum Gasteiger partial charge on any atom is -0.496 e. The molecule has 2 atom stereocenters. The Labute approximate surface area is 105 Å². The summed E-state index contributed by atoms with van der Waals surface area (Å²) in [5.74, 6) is -0.955. The average Bonchev–Trinajstić information content (AvgIpc) is 2.29. The first-order valence-corrected chi connectivity index (χ1v) is 5.47. The van der Waals surface area contributed by atoms with E-state index in [2.05, 4.69) is 5.32 Å². The number of carbonyl (C=O) groups is 1. The molecule has 2 unspecified atom stereocenters. The van der Waals surface area contributed by atoms with Crippen LogP contribution in [0.2, 0.25) is 0 Å². The second kappa shape index (κ2) is 6.32. The summed E-state index contributed by atoms with van der Waals surface area (Å²) in [7, 11) is 3.10. The second-order valence-corrected chi connectivity index (χ2v) is 3.91. The number of ether oxygens (including phenoxy) is 1. The van der Waals surface area contributed by atoms with Gasteiger partial charge in [0.15, 0.2) is 0 Å². The Bertz CT molecular complexity index is 426. The number of carboxylic acid groups (broad SMARTS) is 1. The molecule has 18 heavy (non-hydrogen) atoms. The number of nitrogens with two attached hydrogens (primary N) is 1. The lowest BCUT2D eigenvalue weighted by molar-refractivity contribution is -0.137. The van der Waals surface area contributed by atoms with E-state index >= 15 is 0 Å². The molecule has 1 aromatic rings. The van der Waals surface area contributed by atoms with Gasteiger partial charge in [0.25, 0.3) is 0 Å². The number of carboxylic acids is 1. The summed E-state index contributed by atoms with van der Waals surface area (Å²) in [5.41, 5.74) is 6.32. The lowest BCUT2D eigenvalue weighted by Crippen LogP contribution is -2.38. The molecule has 100 valence electrons. The van der Waals surface area contributed by atoms with Gasteiger partial charge in [0.1, 0.15) is 11.6 Å². The topological polar surface area (TPSA) is 84.6 Å². The highest BCUT2D eigenvalue weighted by molar-refractivity contribution is 5.67. The molecule has 0 aliphatic heterocycles. The van der Waals surface area contributed by atoms with E-state index in [1.807, 2.05) is 0 Å². The van der Waals surface area contributed by atoms with Crippen molar-refractivity contribution in [2.45, 2.75) is 18.5 Å². The number of hydrogen-bond donors (Lipinski definition) is 3. The van der Waals surface area contributed by atoms with E-state index in [4.69, 9.17) is 15.6 Å². The number of likely N-dealkylation sites (N-methyl/N-ethyl adjacent to an activating group) is 1. The van der Waals surface area contributed by atoms with Crippen LogP contribution in [0.4, 0.5) is 4.39 Å². The zero-order valence-corrected chi connectivity index (χ0v) is 10.3. The second-order valence-electron chi connectivity index (χ2n) is 3.91. The molecule has 5 nitrogen and oxygen atoms in total. The van der Waals surface area contributed by atoms with E-state index in [0.29, 0.717) is 11.3 Å². The highest BCUT2D eigenvalue weighted by Gasteiger charge is 2.24. The molecule has 0 amide bonds. The third-order valence-electron chi connectivity index (χ3n) is 2.68. The maximum absolute atomic E-state index is 13.3. The molecule has 0 aliphatic rings. The Morgan fingerprint density at radius 1 is 1.61 bits per heavy atom. The monoisotopic (exact) mass is 256 g/mol. The molecule has 0 aliphatic carbocycles. The van der Waals surface area contributed by atoms with Crippen LogP contribution in [-0.2, 0) is 4.79 Å². The van der Waals surface area contributed by atoms with Crippen molar-refractivity contribution in [2.24, 2.45) is 5.73 Å². The van der Waals surface area contributed by atoms with Crippen molar-refractivity contribution in [3.8, 4) is 5.75 Å². The van der Waals surface area contributed by atoms with Gasteiger partial charge in [0.2, 0.25) is 0 Å². The molecule has 4 N–H and O–H groups in total. The Morgan fingerprint density at radius 2 is 2.28 bits per heavy atom. The van der Waals surface area contributed by atoms with Gasteiger partial charge >= 0.3 is 5.97 Å². The summed E-state index contributed by atoms with van der Waals surface area (Å²) in [5, 5.41) is 11.6. The summed E-state index contributed by atoms with van der Waals surface area (Å²) in [6.45, 7) is 0.